The molecule has 0 aliphatic rings. The van der Waals surface area contributed by atoms with Gasteiger partial charge in [-0.25, -0.2) is 28.0 Å². The number of ether oxygens (including phenoxy) is 4. The Kier molecular flexibility index (Phi) is 16.4. The Morgan fingerprint density at radius 2 is 1.02 bits per heavy atom. The second kappa shape index (κ2) is 18.9. The SMILES string of the molecule is C=C(C)C[C@@H](C(=O)OCc1ccccc1)N(C)C(=O)OC(C)(C)C.CN(C(=O)OC(C)(C)C)[C@@H](CC(C)(F)F)C(=O)OCc1ccccc1. The van der Waals surface area contributed by atoms with Crippen LogP contribution in [0.25, 0.3) is 0 Å². The Bertz CT molecular complexity index is 1370. The normalized spacial score (nSPS) is 12.7. The Balaban J connectivity index is 0.000000490. The van der Waals surface area contributed by atoms with Crippen molar-refractivity contribution in [3.63, 3.8) is 0 Å². The minimum absolute atomic E-state index is 0.0619. The van der Waals surface area contributed by atoms with Crippen LogP contribution >= 0.6 is 0 Å². The lowest BCUT2D eigenvalue weighted by Crippen LogP contribution is -2.47. The maximum Gasteiger partial charge on any atom is 0.410 e. The molecule has 2 amide bonds. The number of carbonyl (C=O) groups is 4. The van der Waals surface area contributed by atoms with Crippen molar-refractivity contribution in [2.45, 2.75) is 111 Å². The summed E-state index contributed by atoms with van der Waals surface area (Å²) in [6.07, 6.45) is -1.96. The number of nitrogens with zero attached hydrogens (tertiary/aromatic N) is 2. The molecular weight excluding hydrogens is 638 g/mol. The molecule has 0 spiro atoms. The third kappa shape index (κ3) is 18.0. The molecule has 0 aromatic heterocycles. The number of alkyl halides is 2. The van der Waals surface area contributed by atoms with E-state index in [-0.39, 0.29) is 13.2 Å². The zero-order valence-electron chi connectivity index (χ0n) is 30.4. The topological polar surface area (TPSA) is 112 Å². The summed E-state index contributed by atoms with van der Waals surface area (Å²) in [4.78, 5) is 51.2. The van der Waals surface area contributed by atoms with E-state index in [9.17, 15) is 28.0 Å². The van der Waals surface area contributed by atoms with Crippen molar-refractivity contribution in [1.29, 1.82) is 0 Å². The highest BCUT2D eigenvalue weighted by Crippen LogP contribution is 2.24. The number of hydrogen-bond donors (Lipinski definition) is 0. The lowest BCUT2D eigenvalue weighted by molar-refractivity contribution is -0.154. The Hall–Kier alpha value is -4.48. The number of hydrogen-bond acceptors (Lipinski definition) is 8. The Morgan fingerprint density at radius 3 is 1.35 bits per heavy atom. The molecule has 2 rings (SSSR count). The summed E-state index contributed by atoms with van der Waals surface area (Å²) in [6.45, 7) is 16.7. The fraction of sp³-hybridized carbons (Fsp3) is 0.514. The summed E-state index contributed by atoms with van der Waals surface area (Å²) >= 11 is 0. The van der Waals surface area contributed by atoms with E-state index in [0.29, 0.717) is 13.3 Å². The van der Waals surface area contributed by atoms with Crippen molar-refractivity contribution >= 4 is 24.1 Å². The van der Waals surface area contributed by atoms with Crippen molar-refractivity contribution < 1.29 is 46.9 Å². The van der Waals surface area contributed by atoms with E-state index in [2.05, 4.69) is 6.58 Å². The minimum Gasteiger partial charge on any atom is -0.459 e. The van der Waals surface area contributed by atoms with Gasteiger partial charge < -0.3 is 18.9 Å². The van der Waals surface area contributed by atoms with E-state index in [4.69, 9.17) is 18.9 Å². The number of rotatable bonds is 12. The number of esters is 2. The third-order valence-corrected chi connectivity index (χ3v) is 6.38. The van der Waals surface area contributed by atoms with Crippen molar-refractivity contribution in [3.05, 3.63) is 83.9 Å². The van der Waals surface area contributed by atoms with E-state index in [1.807, 2.05) is 36.4 Å². The van der Waals surface area contributed by atoms with E-state index >= 15 is 0 Å². The largest absolute Gasteiger partial charge is 0.459 e. The Labute approximate surface area is 289 Å². The highest BCUT2D eigenvalue weighted by Gasteiger charge is 2.38. The van der Waals surface area contributed by atoms with Gasteiger partial charge in [-0.3, -0.25) is 9.80 Å². The predicted octanol–water partition coefficient (Wildman–Crippen LogP) is 7.94. The summed E-state index contributed by atoms with van der Waals surface area (Å²) in [6, 6.07) is 16.0. The molecule has 2 aromatic rings. The van der Waals surface area contributed by atoms with Gasteiger partial charge in [-0.15, -0.1) is 6.58 Å². The van der Waals surface area contributed by atoms with E-state index < -0.39 is 59.8 Å². The zero-order valence-corrected chi connectivity index (χ0v) is 30.4. The fourth-order valence-corrected chi connectivity index (χ4v) is 4.00. The van der Waals surface area contributed by atoms with Gasteiger partial charge in [0.15, 0.2) is 0 Å². The number of halogens is 2. The molecule has 0 fully saturated rings. The zero-order chi connectivity index (χ0) is 37.6. The van der Waals surface area contributed by atoms with E-state index in [1.165, 1.54) is 19.0 Å². The van der Waals surface area contributed by atoms with Gasteiger partial charge in [0.05, 0.1) is 0 Å². The van der Waals surface area contributed by atoms with Crippen molar-refractivity contribution in [2.24, 2.45) is 0 Å². The van der Waals surface area contributed by atoms with Gasteiger partial charge in [0, 0.05) is 20.5 Å². The fourth-order valence-electron chi connectivity index (χ4n) is 4.00. The highest BCUT2D eigenvalue weighted by atomic mass is 19.3. The molecule has 0 radical (unpaired) electrons. The summed E-state index contributed by atoms with van der Waals surface area (Å²) in [5, 5.41) is 0. The molecule has 10 nitrogen and oxygen atoms in total. The summed E-state index contributed by atoms with van der Waals surface area (Å²) in [5.74, 6) is -4.53. The quantitative estimate of drug-likeness (QED) is 0.125. The summed E-state index contributed by atoms with van der Waals surface area (Å²) in [5.41, 5.74) is 0.954. The van der Waals surface area contributed by atoms with Gasteiger partial charge in [-0.2, -0.15) is 0 Å². The first-order valence-electron chi connectivity index (χ1n) is 15.8. The molecule has 0 saturated carbocycles. The maximum atomic E-state index is 13.5. The predicted molar refractivity (Wildman–Crippen MR) is 183 cm³/mol. The second-order valence-electron chi connectivity index (χ2n) is 13.8. The monoisotopic (exact) mass is 690 g/mol. The number of benzene rings is 2. The number of likely N-dealkylation sites (N-methyl/N-ethyl adjacent to an activating group) is 2. The standard InChI is InChI=1S/C19H27NO4.C18H25F2NO4/c1-14(2)12-16(20(6)18(22)24-19(3,4)5)17(21)23-13-15-10-8-7-9-11-15;1-17(2,3)25-16(23)21(5)14(11-18(4,19)20)15(22)24-12-13-9-7-6-8-10-13/h7-11,16H,1,12-13H2,2-6H3;6-10,14H,11-12H2,1-5H3/t16-;14-/m00/s1. The molecule has 0 saturated heterocycles. The van der Waals surface area contributed by atoms with Crippen LogP contribution in [0.1, 0.15) is 79.4 Å². The smallest absolute Gasteiger partial charge is 0.410 e. The minimum atomic E-state index is -3.15. The number of carbonyl (C=O) groups excluding carboxylic acids is 4. The van der Waals surface area contributed by atoms with Crippen LogP contribution in [0.2, 0.25) is 0 Å². The molecule has 0 N–H and O–H groups in total. The van der Waals surface area contributed by atoms with Crippen LogP contribution in [-0.4, -0.2) is 77.2 Å². The lowest BCUT2D eigenvalue weighted by atomic mass is 10.1. The van der Waals surface area contributed by atoms with Crippen molar-refractivity contribution in [2.75, 3.05) is 14.1 Å². The third-order valence-electron chi connectivity index (χ3n) is 6.38. The molecule has 0 unspecified atom stereocenters. The average molecular weight is 691 g/mol. The molecule has 0 aliphatic heterocycles. The lowest BCUT2D eigenvalue weighted by Gasteiger charge is -2.30. The van der Waals surface area contributed by atoms with Gasteiger partial charge in [-0.05, 0) is 72.9 Å². The molecule has 2 aromatic carbocycles. The van der Waals surface area contributed by atoms with Crippen LogP contribution in [0.4, 0.5) is 18.4 Å². The molecule has 49 heavy (non-hydrogen) atoms. The van der Waals surface area contributed by atoms with Gasteiger partial charge >= 0.3 is 24.1 Å². The molecule has 0 bridgehead atoms. The average Bonchev–Trinajstić information content (AvgIpc) is 2.98. The van der Waals surface area contributed by atoms with E-state index in [1.54, 1.807) is 72.7 Å². The molecule has 272 valence electrons. The van der Waals surface area contributed by atoms with Gasteiger partial charge in [0.2, 0.25) is 5.92 Å². The summed E-state index contributed by atoms with van der Waals surface area (Å²) in [7, 11) is 2.78. The second-order valence-corrected chi connectivity index (χ2v) is 13.8. The van der Waals surface area contributed by atoms with Gasteiger partial charge in [0.1, 0.15) is 36.5 Å². The Morgan fingerprint density at radius 1 is 0.673 bits per heavy atom. The number of amides is 2. The first-order valence-corrected chi connectivity index (χ1v) is 15.8. The van der Waals surface area contributed by atoms with Crippen LogP contribution in [0.3, 0.4) is 0 Å². The molecule has 2 atom stereocenters. The van der Waals surface area contributed by atoms with Crippen LogP contribution in [0, 0.1) is 0 Å². The van der Waals surface area contributed by atoms with Gasteiger partial charge in [0.25, 0.3) is 0 Å². The van der Waals surface area contributed by atoms with Crippen LogP contribution in [0.5, 0.6) is 0 Å². The molecular formula is C37H52F2N2O8. The first-order chi connectivity index (χ1) is 22.5. The van der Waals surface area contributed by atoms with E-state index in [0.717, 1.165) is 21.6 Å². The van der Waals surface area contributed by atoms with Crippen molar-refractivity contribution in [1.82, 2.24) is 9.80 Å². The van der Waals surface area contributed by atoms with Gasteiger partial charge in [-0.1, -0.05) is 66.2 Å². The van der Waals surface area contributed by atoms with Crippen LogP contribution < -0.4 is 0 Å². The molecule has 0 aliphatic carbocycles. The van der Waals surface area contributed by atoms with Crippen LogP contribution in [0.15, 0.2) is 72.8 Å². The highest BCUT2D eigenvalue weighted by molar-refractivity contribution is 5.82. The maximum absolute atomic E-state index is 13.5. The van der Waals surface area contributed by atoms with Crippen molar-refractivity contribution in [3.8, 4) is 0 Å². The van der Waals surface area contributed by atoms with Crippen LogP contribution in [-0.2, 0) is 41.8 Å². The molecule has 0 heterocycles. The molecule has 12 heteroatoms. The first kappa shape index (κ1) is 42.5. The summed E-state index contributed by atoms with van der Waals surface area (Å²) < 4.78 is 47.9.